The van der Waals surface area contributed by atoms with Crippen LogP contribution in [-0.4, -0.2) is 59.3 Å². The fourth-order valence-corrected chi connectivity index (χ4v) is 4.81. The van der Waals surface area contributed by atoms with Gasteiger partial charge in [0.25, 0.3) is 15.9 Å². The van der Waals surface area contributed by atoms with E-state index in [2.05, 4.69) is 4.98 Å². The Labute approximate surface area is 145 Å². The van der Waals surface area contributed by atoms with Gasteiger partial charge in [-0.15, -0.1) is 0 Å². The van der Waals surface area contributed by atoms with Gasteiger partial charge in [-0.3, -0.25) is 4.79 Å². The average Bonchev–Trinajstić information content (AvgIpc) is 3.11. The molecule has 0 N–H and O–H groups in total. The minimum Gasteiger partial charge on any atom is -0.337 e. The quantitative estimate of drug-likeness (QED) is 0.819. The van der Waals surface area contributed by atoms with Crippen molar-refractivity contribution >= 4 is 27.3 Å². The summed E-state index contributed by atoms with van der Waals surface area (Å²) in [5.74, 6) is 0.613. The fourth-order valence-electron chi connectivity index (χ4n) is 2.69. The number of rotatable bonds is 3. The highest BCUT2D eigenvalue weighted by Crippen LogP contribution is 2.18. The molecule has 1 amide bonds. The Kier molecular flexibility index (Phi) is 4.75. The second-order valence-electron chi connectivity index (χ2n) is 5.80. The van der Waals surface area contributed by atoms with E-state index >= 15 is 0 Å². The van der Waals surface area contributed by atoms with Crippen molar-refractivity contribution < 1.29 is 13.2 Å². The number of imidazole rings is 1. The van der Waals surface area contributed by atoms with E-state index in [-0.39, 0.29) is 17.5 Å². The summed E-state index contributed by atoms with van der Waals surface area (Å²) in [6, 6.07) is 1.79. The van der Waals surface area contributed by atoms with E-state index in [1.54, 1.807) is 29.5 Å². The zero-order chi connectivity index (χ0) is 17.3. The molecule has 24 heavy (non-hydrogen) atoms. The number of nitrogens with zero attached hydrogens (tertiary/aromatic N) is 4. The van der Waals surface area contributed by atoms with Crippen LogP contribution in [0.2, 0.25) is 0 Å². The van der Waals surface area contributed by atoms with Crippen molar-refractivity contribution in [1.82, 2.24) is 18.8 Å². The van der Waals surface area contributed by atoms with Crippen molar-refractivity contribution in [2.75, 3.05) is 26.2 Å². The van der Waals surface area contributed by atoms with Gasteiger partial charge in [0.05, 0.1) is 5.56 Å². The summed E-state index contributed by atoms with van der Waals surface area (Å²) in [6.07, 6.45) is 2.14. The molecular formula is C15H20N4O3S2. The van der Waals surface area contributed by atoms with Crippen molar-refractivity contribution in [3.8, 4) is 0 Å². The summed E-state index contributed by atoms with van der Waals surface area (Å²) in [5, 5.41) is 3.75. The smallest absolute Gasteiger partial charge is 0.262 e. The van der Waals surface area contributed by atoms with Crippen LogP contribution >= 0.6 is 11.3 Å². The maximum atomic E-state index is 12.8. The van der Waals surface area contributed by atoms with E-state index in [9.17, 15) is 13.2 Å². The predicted molar refractivity (Wildman–Crippen MR) is 91.5 cm³/mol. The van der Waals surface area contributed by atoms with Gasteiger partial charge in [0.2, 0.25) is 0 Å². The number of thiophene rings is 1. The van der Waals surface area contributed by atoms with Crippen molar-refractivity contribution in [3.05, 3.63) is 34.4 Å². The fraction of sp³-hybridized carbons (Fsp3) is 0.467. The third-order valence-electron chi connectivity index (χ3n) is 4.20. The zero-order valence-corrected chi connectivity index (χ0v) is 15.3. The standard InChI is InChI=1S/C15H20N4O3S2/c1-12-16-14(10-17(12)2)24(21,22)19-6-3-5-18(7-8-19)15(20)13-4-9-23-11-13/h4,9-11H,3,5-8H2,1-2H3. The molecule has 0 unspecified atom stereocenters. The SMILES string of the molecule is Cc1nc(S(=O)(=O)N2CCCN(C(=O)c3ccsc3)CC2)cn1C. The summed E-state index contributed by atoms with van der Waals surface area (Å²) in [4.78, 5) is 18.3. The summed E-state index contributed by atoms with van der Waals surface area (Å²) in [5.41, 5.74) is 0.664. The molecule has 1 aliphatic heterocycles. The van der Waals surface area contributed by atoms with Crippen molar-refractivity contribution in [2.45, 2.75) is 18.4 Å². The first kappa shape index (κ1) is 17.1. The molecule has 0 spiro atoms. The van der Waals surface area contributed by atoms with E-state index in [0.29, 0.717) is 37.4 Å². The van der Waals surface area contributed by atoms with Gasteiger partial charge >= 0.3 is 0 Å². The second kappa shape index (κ2) is 6.66. The Balaban J connectivity index is 1.74. The highest BCUT2D eigenvalue weighted by atomic mass is 32.2. The summed E-state index contributed by atoms with van der Waals surface area (Å²) < 4.78 is 28.6. The third kappa shape index (κ3) is 3.24. The minimum absolute atomic E-state index is 0.0378. The molecule has 1 aliphatic rings. The second-order valence-corrected chi connectivity index (χ2v) is 8.46. The predicted octanol–water partition coefficient (Wildman–Crippen LogP) is 1.33. The molecule has 0 bridgehead atoms. The van der Waals surface area contributed by atoms with Crippen LogP contribution in [0.25, 0.3) is 0 Å². The molecule has 9 heteroatoms. The molecule has 0 aliphatic carbocycles. The first-order valence-corrected chi connectivity index (χ1v) is 10.1. The van der Waals surface area contributed by atoms with Gasteiger partial charge in [0.1, 0.15) is 5.82 Å². The third-order valence-corrected chi connectivity index (χ3v) is 6.65. The molecule has 0 radical (unpaired) electrons. The maximum absolute atomic E-state index is 12.8. The summed E-state index contributed by atoms with van der Waals surface area (Å²) >= 11 is 1.48. The number of carbonyl (C=O) groups is 1. The molecule has 7 nitrogen and oxygen atoms in total. The van der Waals surface area contributed by atoms with E-state index < -0.39 is 10.0 Å². The lowest BCUT2D eigenvalue weighted by molar-refractivity contribution is 0.0765. The van der Waals surface area contributed by atoms with Crippen molar-refractivity contribution in [2.24, 2.45) is 7.05 Å². The molecule has 0 atom stereocenters. The lowest BCUT2D eigenvalue weighted by Gasteiger charge is -2.21. The van der Waals surface area contributed by atoms with Gasteiger partial charge in [-0.2, -0.15) is 15.6 Å². The normalized spacial score (nSPS) is 17.0. The first-order chi connectivity index (χ1) is 11.4. The van der Waals surface area contributed by atoms with Gasteiger partial charge < -0.3 is 9.47 Å². The molecule has 130 valence electrons. The number of aromatic nitrogens is 2. The highest BCUT2D eigenvalue weighted by Gasteiger charge is 2.30. The zero-order valence-electron chi connectivity index (χ0n) is 13.7. The lowest BCUT2D eigenvalue weighted by atomic mass is 10.3. The number of aryl methyl sites for hydroxylation is 2. The molecular weight excluding hydrogens is 348 g/mol. The monoisotopic (exact) mass is 368 g/mol. The van der Waals surface area contributed by atoms with Gasteiger partial charge in [0, 0.05) is 44.8 Å². The molecule has 3 rings (SSSR count). The van der Waals surface area contributed by atoms with Gasteiger partial charge in [-0.25, -0.2) is 13.4 Å². The molecule has 1 fully saturated rings. The Bertz CT molecular complexity index is 808. The van der Waals surface area contributed by atoms with Crippen LogP contribution in [0.4, 0.5) is 0 Å². The largest absolute Gasteiger partial charge is 0.337 e. The van der Waals surface area contributed by atoms with Crippen LogP contribution in [0.1, 0.15) is 22.6 Å². The number of hydrogen-bond acceptors (Lipinski definition) is 5. The van der Waals surface area contributed by atoms with Crippen LogP contribution < -0.4 is 0 Å². The van der Waals surface area contributed by atoms with E-state index in [4.69, 9.17) is 0 Å². The average molecular weight is 368 g/mol. The van der Waals surface area contributed by atoms with Crippen LogP contribution in [0.3, 0.4) is 0 Å². The number of hydrogen-bond donors (Lipinski definition) is 0. The van der Waals surface area contributed by atoms with E-state index in [1.807, 2.05) is 10.8 Å². The van der Waals surface area contributed by atoms with E-state index in [1.165, 1.54) is 21.8 Å². The van der Waals surface area contributed by atoms with Crippen LogP contribution in [-0.2, 0) is 17.1 Å². The van der Waals surface area contributed by atoms with Crippen LogP contribution in [0, 0.1) is 6.92 Å². The molecule has 2 aromatic rings. The number of sulfonamides is 1. The molecule has 1 saturated heterocycles. The Morgan fingerprint density at radius 1 is 1.25 bits per heavy atom. The van der Waals surface area contributed by atoms with E-state index in [0.717, 1.165) is 0 Å². The van der Waals surface area contributed by atoms with Gasteiger partial charge in [-0.1, -0.05) is 0 Å². The number of carbonyl (C=O) groups excluding carboxylic acids is 1. The van der Waals surface area contributed by atoms with Crippen molar-refractivity contribution in [1.29, 1.82) is 0 Å². The topological polar surface area (TPSA) is 75.5 Å². The minimum atomic E-state index is -3.62. The Morgan fingerprint density at radius 2 is 2.04 bits per heavy atom. The molecule has 2 aromatic heterocycles. The van der Waals surface area contributed by atoms with Crippen molar-refractivity contribution in [3.63, 3.8) is 0 Å². The summed E-state index contributed by atoms with van der Waals surface area (Å²) in [6.45, 7) is 3.39. The lowest BCUT2D eigenvalue weighted by Crippen LogP contribution is -2.37. The highest BCUT2D eigenvalue weighted by molar-refractivity contribution is 7.89. The summed E-state index contributed by atoms with van der Waals surface area (Å²) in [7, 11) is -1.86. The Hall–Kier alpha value is -1.71. The maximum Gasteiger partial charge on any atom is 0.262 e. The van der Waals surface area contributed by atoms with Crippen LogP contribution in [0.5, 0.6) is 0 Å². The molecule has 3 heterocycles. The molecule has 0 saturated carbocycles. The number of amides is 1. The van der Waals surface area contributed by atoms with Crippen LogP contribution in [0.15, 0.2) is 28.0 Å². The van der Waals surface area contributed by atoms with Gasteiger partial charge in [0.15, 0.2) is 5.03 Å². The van der Waals surface area contributed by atoms with Gasteiger partial charge in [-0.05, 0) is 24.8 Å². The molecule has 0 aromatic carbocycles. The Morgan fingerprint density at radius 3 is 2.67 bits per heavy atom. The first-order valence-electron chi connectivity index (χ1n) is 7.71.